The standard InChI is InChI=1S/C27H43FO2/c1-18-8-12-22(29)17-21(18)11-10-20-7-6-16-27(5)23(13-14-24(20)27)19(2)9-15-25(28)26(3,4)30/h10-11,19,22-25,29-30H,1,6-9,12-17H2,2-5H3/b20-10+,21-11-/t19-,22+,23-,24+,25+,27-/m1/s1. The summed E-state index contributed by atoms with van der Waals surface area (Å²) < 4.78 is 14.3. The lowest BCUT2D eigenvalue weighted by molar-refractivity contribution is -0.0119. The van der Waals surface area contributed by atoms with E-state index in [0.717, 1.165) is 25.7 Å². The minimum atomic E-state index is -1.24. The summed E-state index contributed by atoms with van der Waals surface area (Å²) in [5.74, 6) is 1.72. The van der Waals surface area contributed by atoms with Gasteiger partial charge >= 0.3 is 0 Å². The number of aliphatic hydroxyl groups is 2. The van der Waals surface area contributed by atoms with E-state index in [4.69, 9.17) is 0 Å². The first-order valence-electron chi connectivity index (χ1n) is 12.1. The van der Waals surface area contributed by atoms with Crippen LogP contribution in [0.15, 0.2) is 35.5 Å². The van der Waals surface area contributed by atoms with Gasteiger partial charge in [-0.1, -0.05) is 43.7 Å². The van der Waals surface area contributed by atoms with E-state index in [9.17, 15) is 14.6 Å². The predicted octanol–water partition coefficient (Wildman–Crippen LogP) is 6.68. The Morgan fingerprint density at radius 3 is 2.63 bits per heavy atom. The van der Waals surface area contributed by atoms with Crippen molar-refractivity contribution in [2.24, 2.45) is 23.2 Å². The zero-order valence-electron chi connectivity index (χ0n) is 19.6. The van der Waals surface area contributed by atoms with Crippen molar-refractivity contribution in [2.75, 3.05) is 0 Å². The fourth-order valence-electron chi connectivity index (χ4n) is 6.57. The highest BCUT2D eigenvalue weighted by atomic mass is 19.1. The summed E-state index contributed by atoms with van der Waals surface area (Å²) in [4.78, 5) is 0. The van der Waals surface area contributed by atoms with E-state index in [1.165, 1.54) is 43.3 Å². The molecule has 0 aliphatic heterocycles. The Kier molecular flexibility index (Phi) is 7.34. The minimum Gasteiger partial charge on any atom is -0.393 e. The van der Waals surface area contributed by atoms with Crippen molar-refractivity contribution >= 4 is 0 Å². The first kappa shape index (κ1) is 23.7. The SMILES string of the molecule is C=C1CC[C@H](O)C/C1=C/C=C1\CCC[C@]2(C)[C@@H]([C@H](C)CC[C@H](F)C(C)(C)O)CC[C@@H]12. The number of halogens is 1. The average Bonchev–Trinajstić information content (AvgIpc) is 3.03. The summed E-state index contributed by atoms with van der Waals surface area (Å²) in [6.07, 6.45) is 13.1. The number of fused-ring (bicyclic) bond motifs is 1. The first-order valence-corrected chi connectivity index (χ1v) is 12.1. The maximum atomic E-state index is 14.3. The van der Waals surface area contributed by atoms with Crippen molar-refractivity contribution in [1.29, 1.82) is 0 Å². The summed E-state index contributed by atoms with van der Waals surface area (Å²) in [5.41, 5.74) is 3.02. The molecule has 3 aliphatic rings. The number of hydrogen-bond donors (Lipinski definition) is 2. The van der Waals surface area contributed by atoms with Crippen LogP contribution in [0.2, 0.25) is 0 Å². The molecule has 0 spiro atoms. The Bertz CT molecular complexity index is 685. The number of rotatable bonds is 6. The van der Waals surface area contributed by atoms with Crippen LogP contribution in [0.25, 0.3) is 0 Å². The number of allylic oxidation sites excluding steroid dienone is 4. The molecule has 3 aliphatic carbocycles. The molecule has 0 heterocycles. The highest BCUT2D eigenvalue weighted by Crippen LogP contribution is 2.60. The van der Waals surface area contributed by atoms with Gasteiger partial charge in [0.25, 0.3) is 0 Å². The van der Waals surface area contributed by atoms with Gasteiger partial charge in [-0.25, -0.2) is 4.39 Å². The van der Waals surface area contributed by atoms with Crippen LogP contribution in [-0.4, -0.2) is 28.1 Å². The molecule has 0 radical (unpaired) electrons. The molecular formula is C27H43FO2. The molecular weight excluding hydrogens is 375 g/mol. The fraction of sp³-hybridized carbons (Fsp3) is 0.778. The first-order chi connectivity index (χ1) is 14.0. The zero-order chi connectivity index (χ0) is 22.1. The van der Waals surface area contributed by atoms with Crippen LogP contribution in [0, 0.1) is 23.2 Å². The highest BCUT2D eigenvalue weighted by molar-refractivity contribution is 5.36. The molecule has 2 nitrogen and oxygen atoms in total. The summed E-state index contributed by atoms with van der Waals surface area (Å²) in [6, 6.07) is 0. The van der Waals surface area contributed by atoms with Crippen LogP contribution in [-0.2, 0) is 0 Å². The summed E-state index contributed by atoms with van der Waals surface area (Å²) in [7, 11) is 0. The minimum absolute atomic E-state index is 0.225. The van der Waals surface area contributed by atoms with E-state index in [1.54, 1.807) is 19.4 Å². The van der Waals surface area contributed by atoms with Crippen molar-refractivity contribution in [3.8, 4) is 0 Å². The van der Waals surface area contributed by atoms with Crippen LogP contribution in [0.3, 0.4) is 0 Å². The molecule has 0 aromatic heterocycles. The molecule has 0 aromatic carbocycles. The number of aliphatic hydroxyl groups excluding tert-OH is 1. The van der Waals surface area contributed by atoms with Crippen LogP contribution in [0.1, 0.15) is 91.9 Å². The van der Waals surface area contributed by atoms with Gasteiger partial charge in [0, 0.05) is 0 Å². The summed E-state index contributed by atoms with van der Waals surface area (Å²) in [5, 5.41) is 19.9. The third-order valence-corrected chi connectivity index (χ3v) is 8.55. The predicted molar refractivity (Wildman–Crippen MR) is 123 cm³/mol. The molecule has 3 saturated carbocycles. The highest BCUT2D eigenvalue weighted by Gasteiger charge is 2.50. The molecule has 170 valence electrons. The normalized spacial score (nSPS) is 37.4. The van der Waals surface area contributed by atoms with Gasteiger partial charge in [-0.05, 0) is 107 Å². The molecule has 0 bridgehead atoms. The van der Waals surface area contributed by atoms with Gasteiger partial charge in [-0.15, -0.1) is 0 Å². The van der Waals surface area contributed by atoms with Crippen LogP contribution in [0.5, 0.6) is 0 Å². The lowest BCUT2D eigenvalue weighted by Gasteiger charge is -2.44. The largest absolute Gasteiger partial charge is 0.393 e. The molecule has 0 amide bonds. The van der Waals surface area contributed by atoms with Gasteiger partial charge in [0.1, 0.15) is 6.17 Å². The van der Waals surface area contributed by atoms with E-state index in [2.05, 4.69) is 32.6 Å². The third-order valence-electron chi connectivity index (χ3n) is 8.55. The molecule has 3 heteroatoms. The molecule has 0 saturated heterocycles. The van der Waals surface area contributed by atoms with Crippen LogP contribution >= 0.6 is 0 Å². The maximum Gasteiger partial charge on any atom is 0.128 e. The van der Waals surface area contributed by atoms with Gasteiger partial charge in [-0.3, -0.25) is 0 Å². The third kappa shape index (κ3) is 5.10. The topological polar surface area (TPSA) is 40.5 Å². The molecule has 0 unspecified atom stereocenters. The quantitative estimate of drug-likeness (QED) is 0.505. The zero-order valence-corrected chi connectivity index (χ0v) is 19.6. The molecule has 6 atom stereocenters. The number of alkyl halides is 1. The second-order valence-corrected chi connectivity index (χ2v) is 11.2. The van der Waals surface area contributed by atoms with Gasteiger partial charge in [0.15, 0.2) is 0 Å². The van der Waals surface area contributed by atoms with Crippen molar-refractivity contribution in [3.63, 3.8) is 0 Å². The van der Waals surface area contributed by atoms with Crippen molar-refractivity contribution in [3.05, 3.63) is 35.5 Å². The summed E-state index contributed by atoms with van der Waals surface area (Å²) >= 11 is 0. The second-order valence-electron chi connectivity index (χ2n) is 11.2. The molecule has 3 fully saturated rings. The van der Waals surface area contributed by atoms with E-state index in [1.807, 2.05) is 0 Å². The fourth-order valence-corrected chi connectivity index (χ4v) is 6.57. The Morgan fingerprint density at radius 2 is 1.93 bits per heavy atom. The van der Waals surface area contributed by atoms with E-state index in [0.29, 0.717) is 29.6 Å². The second kappa shape index (κ2) is 9.28. The Hall–Kier alpha value is -0.930. The van der Waals surface area contributed by atoms with E-state index < -0.39 is 11.8 Å². The van der Waals surface area contributed by atoms with E-state index >= 15 is 0 Å². The van der Waals surface area contributed by atoms with E-state index in [-0.39, 0.29) is 6.10 Å². The van der Waals surface area contributed by atoms with Crippen molar-refractivity contribution in [2.45, 2.75) is 110 Å². The lowest BCUT2D eigenvalue weighted by Crippen LogP contribution is -2.37. The Morgan fingerprint density at radius 1 is 1.20 bits per heavy atom. The monoisotopic (exact) mass is 418 g/mol. The van der Waals surface area contributed by atoms with Crippen molar-refractivity contribution < 1.29 is 14.6 Å². The molecule has 3 rings (SSSR count). The Labute approximate surface area is 183 Å². The van der Waals surface area contributed by atoms with Crippen LogP contribution in [0.4, 0.5) is 4.39 Å². The molecule has 0 aromatic rings. The Balaban J connectivity index is 1.69. The average molecular weight is 419 g/mol. The summed E-state index contributed by atoms with van der Waals surface area (Å²) in [6.45, 7) is 12.1. The van der Waals surface area contributed by atoms with Gasteiger partial charge < -0.3 is 10.2 Å². The molecule has 30 heavy (non-hydrogen) atoms. The lowest BCUT2D eigenvalue weighted by atomic mass is 9.60. The van der Waals surface area contributed by atoms with Crippen LogP contribution < -0.4 is 0 Å². The van der Waals surface area contributed by atoms with Gasteiger partial charge in [0.2, 0.25) is 0 Å². The number of hydrogen-bond acceptors (Lipinski definition) is 2. The molecule has 2 N–H and O–H groups in total. The van der Waals surface area contributed by atoms with Gasteiger partial charge in [0.05, 0.1) is 11.7 Å². The van der Waals surface area contributed by atoms with Crippen molar-refractivity contribution in [1.82, 2.24) is 0 Å². The van der Waals surface area contributed by atoms with Gasteiger partial charge in [-0.2, -0.15) is 0 Å². The smallest absolute Gasteiger partial charge is 0.128 e. The maximum absolute atomic E-state index is 14.3.